The SMILES string of the molecule is CC(C)NS(=O)(=O)N1CCNCC1c1nccn1C. The summed E-state index contributed by atoms with van der Waals surface area (Å²) in [6.07, 6.45) is 3.51. The molecule has 1 aromatic heterocycles. The fourth-order valence-corrected chi connectivity index (χ4v) is 3.82. The molecule has 2 N–H and O–H groups in total. The summed E-state index contributed by atoms with van der Waals surface area (Å²) in [7, 11) is -1.61. The van der Waals surface area contributed by atoms with E-state index in [9.17, 15) is 8.42 Å². The summed E-state index contributed by atoms with van der Waals surface area (Å²) in [4.78, 5) is 4.27. The van der Waals surface area contributed by atoms with Crippen LogP contribution >= 0.6 is 0 Å². The van der Waals surface area contributed by atoms with Crippen LogP contribution in [-0.2, 0) is 17.3 Å². The van der Waals surface area contributed by atoms with E-state index < -0.39 is 10.2 Å². The average molecular weight is 287 g/mol. The minimum absolute atomic E-state index is 0.123. The van der Waals surface area contributed by atoms with E-state index in [1.54, 1.807) is 6.20 Å². The Balaban J connectivity index is 2.29. The first-order valence-corrected chi connectivity index (χ1v) is 7.83. The second-order valence-corrected chi connectivity index (χ2v) is 6.66. The molecule has 1 aromatic rings. The number of hydrogen-bond donors (Lipinski definition) is 2. The van der Waals surface area contributed by atoms with Gasteiger partial charge in [-0.05, 0) is 13.8 Å². The highest BCUT2D eigenvalue weighted by Gasteiger charge is 2.35. The van der Waals surface area contributed by atoms with E-state index in [4.69, 9.17) is 0 Å². The number of hydrogen-bond acceptors (Lipinski definition) is 4. The smallest absolute Gasteiger partial charge is 0.280 e. The number of piperazine rings is 1. The zero-order valence-corrected chi connectivity index (χ0v) is 12.3. The third-order valence-electron chi connectivity index (χ3n) is 3.04. The molecule has 1 saturated heterocycles. The molecule has 1 aliphatic rings. The topological polar surface area (TPSA) is 79.3 Å². The van der Waals surface area contributed by atoms with Crippen molar-refractivity contribution >= 4 is 10.2 Å². The van der Waals surface area contributed by atoms with E-state index in [2.05, 4.69) is 15.0 Å². The van der Waals surface area contributed by atoms with Gasteiger partial charge in [0.1, 0.15) is 5.82 Å². The number of aromatic nitrogens is 2. The van der Waals surface area contributed by atoms with Crippen LogP contribution in [0.2, 0.25) is 0 Å². The normalized spacial score (nSPS) is 22.0. The Hall–Kier alpha value is -0.960. The lowest BCUT2D eigenvalue weighted by atomic mass is 10.2. The molecule has 0 saturated carbocycles. The first-order chi connectivity index (χ1) is 8.92. The highest BCUT2D eigenvalue weighted by Crippen LogP contribution is 2.22. The maximum atomic E-state index is 12.4. The van der Waals surface area contributed by atoms with E-state index in [1.807, 2.05) is 31.7 Å². The Bertz CT molecular complexity index is 525. The predicted octanol–water partition coefficient (Wildman–Crippen LogP) is -0.391. The average Bonchev–Trinajstić information content (AvgIpc) is 2.74. The molecule has 1 atom stereocenters. The van der Waals surface area contributed by atoms with Gasteiger partial charge in [0, 0.05) is 45.1 Å². The summed E-state index contributed by atoms with van der Waals surface area (Å²) in [5, 5.41) is 3.22. The monoisotopic (exact) mass is 287 g/mol. The van der Waals surface area contributed by atoms with Gasteiger partial charge in [0.2, 0.25) is 0 Å². The van der Waals surface area contributed by atoms with Crippen LogP contribution in [-0.4, -0.2) is 48.0 Å². The van der Waals surface area contributed by atoms with E-state index in [-0.39, 0.29) is 12.1 Å². The number of rotatable bonds is 4. The Morgan fingerprint density at radius 1 is 1.53 bits per heavy atom. The predicted molar refractivity (Wildman–Crippen MR) is 72.7 cm³/mol. The molecule has 0 aliphatic carbocycles. The highest BCUT2D eigenvalue weighted by molar-refractivity contribution is 7.87. The molecule has 2 rings (SSSR count). The third-order valence-corrected chi connectivity index (χ3v) is 4.87. The molecule has 0 radical (unpaired) electrons. The van der Waals surface area contributed by atoms with Crippen molar-refractivity contribution in [2.45, 2.75) is 25.9 Å². The lowest BCUT2D eigenvalue weighted by Crippen LogP contribution is -2.53. The molecule has 0 bridgehead atoms. The number of imidazole rings is 1. The highest BCUT2D eigenvalue weighted by atomic mass is 32.2. The van der Waals surface area contributed by atoms with Crippen molar-refractivity contribution in [3.8, 4) is 0 Å². The molecule has 0 spiro atoms. The summed E-state index contributed by atoms with van der Waals surface area (Å²) >= 11 is 0. The van der Waals surface area contributed by atoms with Crippen LogP contribution in [0.3, 0.4) is 0 Å². The van der Waals surface area contributed by atoms with Gasteiger partial charge in [0.25, 0.3) is 10.2 Å². The Kier molecular flexibility index (Phi) is 4.24. The Labute approximate surface area is 114 Å². The Morgan fingerprint density at radius 2 is 2.26 bits per heavy atom. The third kappa shape index (κ3) is 3.14. The largest absolute Gasteiger partial charge is 0.337 e. The summed E-state index contributed by atoms with van der Waals surface area (Å²) < 4.78 is 30.7. The van der Waals surface area contributed by atoms with Gasteiger partial charge >= 0.3 is 0 Å². The summed E-state index contributed by atoms with van der Waals surface area (Å²) in [6.45, 7) is 5.30. The van der Waals surface area contributed by atoms with Crippen LogP contribution in [0.15, 0.2) is 12.4 Å². The first kappa shape index (κ1) is 14.4. The molecule has 19 heavy (non-hydrogen) atoms. The fraction of sp³-hybridized carbons (Fsp3) is 0.727. The molecule has 0 aromatic carbocycles. The zero-order chi connectivity index (χ0) is 14.0. The van der Waals surface area contributed by atoms with E-state index in [0.717, 1.165) is 5.82 Å². The van der Waals surface area contributed by atoms with Crippen molar-refractivity contribution in [1.29, 1.82) is 0 Å². The van der Waals surface area contributed by atoms with Crippen LogP contribution in [0.5, 0.6) is 0 Å². The lowest BCUT2D eigenvalue weighted by Gasteiger charge is -2.35. The maximum Gasteiger partial charge on any atom is 0.280 e. The minimum atomic E-state index is -3.48. The van der Waals surface area contributed by atoms with Crippen molar-refractivity contribution in [2.24, 2.45) is 7.05 Å². The molecule has 1 aliphatic heterocycles. The van der Waals surface area contributed by atoms with Crippen LogP contribution in [0.4, 0.5) is 0 Å². The molecule has 108 valence electrons. The van der Waals surface area contributed by atoms with Gasteiger partial charge in [-0.3, -0.25) is 0 Å². The van der Waals surface area contributed by atoms with Crippen molar-refractivity contribution < 1.29 is 8.42 Å². The van der Waals surface area contributed by atoms with Gasteiger partial charge in [-0.15, -0.1) is 0 Å². The summed E-state index contributed by atoms with van der Waals surface area (Å²) in [5.74, 6) is 0.751. The fourth-order valence-electron chi connectivity index (χ4n) is 2.26. The second kappa shape index (κ2) is 5.58. The summed E-state index contributed by atoms with van der Waals surface area (Å²) in [6, 6.07) is -0.396. The van der Waals surface area contributed by atoms with Gasteiger partial charge < -0.3 is 9.88 Å². The second-order valence-electron chi connectivity index (χ2n) is 5.00. The number of aryl methyl sites for hydroxylation is 1. The Morgan fingerprint density at radius 3 is 2.84 bits per heavy atom. The quantitative estimate of drug-likeness (QED) is 0.790. The molecular weight excluding hydrogens is 266 g/mol. The lowest BCUT2D eigenvalue weighted by molar-refractivity contribution is 0.254. The zero-order valence-electron chi connectivity index (χ0n) is 11.5. The van der Waals surface area contributed by atoms with E-state index in [0.29, 0.717) is 19.6 Å². The van der Waals surface area contributed by atoms with Crippen molar-refractivity contribution in [3.63, 3.8) is 0 Å². The number of nitrogens with zero attached hydrogens (tertiary/aromatic N) is 3. The molecule has 7 nitrogen and oxygen atoms in total. The molecule has 1 unspecified atom stereocenters. The molecule has 1 fully saturated rings. The van der Waals surface area contributed by atoms with E-state index in [1.165, 1.54) is 4.31 Å². The standard InChI is InChI=1S/C11H21N5O2S/c1-9(2)14-19(17,18)16-7-4-12-8-10(16)11-13-5-6-15(11)3/h5-6,9-10,12,14H,4,7-8H2,1-3H3. The number of nitrogens with one attached hydrogen (secondary N) is 2. The van der Waals surface area contributed by atoms with Crippen molar-refractivity contribution in [2.75, 3.05) is 19.6 Å². The van der Waals surface area contributed by atoms with Gasteiger partial charge in [0.15, 0.2) is 0 Å². The maximum absolute atomic E-state index is 12.4. The van der Waals surface area contributed by atoms with Crippen LogP contribution in [0, 0.1) is 0 Å². The van der Waals surface area contributed by atoms with Gasteiger partial charge in [-0.1, -0.05) is 0 Å². The van der Waals surface area contributed by atoms with E-state index >= 15 is 0 Å². The van der Waals surface area contributed by atoms with Crippen molar-refractivity contribution in [1.82, 2.24) is 23.9 Å². The minimum Gasteiger partial charge on any atom is -0.337 e. The first-order valence-electron chi connectivity index (χ1n) is 6.39. The van der Waals surface area contributed by atoms with Crippen LogP contribution in [0.1, 0.15) is 25.7 Å². The van der Waals surface area contributed by atoms with Crippen LogP contribution < -0.4 is 10.0 Å². The van der Waals surface area contributed by atoms with Crippen LogP contribution in [0.25, 0.3) is 0 Å². The van der Waals surface area contributed by atoms with Gasteiger partial charge in [-0.25, -0.2) is 4.98 Å². The van der Waals surface area contributed by atoms with Crippen molar-refractivity contribution in [3.05, 3.63) is 18.2 Å². The molecule has 0 amide bonds. The molecular formula is C11H21N5O2S. The molecule has 2 heterocycles. The van der Waals surface area contributed by atoms with Gasteiger partial charge in [-0.2, -0.15) is 17.4 Å². The van der Waals surface area contributed by atoms with Gasteiger partial charge in [0.05, 0.1) is 6.04 Å². The molecule has 8 heteroatoms. The summed E-state index contributed by atoms with van der Waals surface area (Å²) in [5.41, 5.74) is 0.